The van der Waals surface area contributed by atoms with Gasteiger partial charge in [0.25, 0.3) is 5.91 Å². The molecule has 24 heavy (non-hydrogen) atoms. The summed E-state index contributed by atoms with van der Waals surface area (Å²) in [6, 6.07) is 11.6. The van der Waals surface area contributed by atoms with Crippen molar-refractivity contribution >= 4 is 54.5 Å². The summed E-state index contributed by atoms with van der Waals surface area (Å²) in [5.41, 5.74) is 0.778. The number of ether oxygens (including phenoxy) is 1. The third kappa shape index (κ3) is 3.72. The van der Waals surface area contributed by atoms with Gasteiger partial charge in [-0.25, -0.2) is 9.78 Å². The molecule has 3 aromatic rings. The second kappa shape index (κ2) is 6.98. The van der Waals surface area contributed by atoms with Gasteiger partial charge in [0.2, 0.25) is 0 Å². The normalized spacial score (nSPS) is 10.5. The van der Waals surface area contributed by atoms with Crippen LogP contribution >= 0.6 is 27.3 Å². The zero-order valence-electron chi connectivity index (χ0n) is 12.2. The number of carbonyl (C=O) groups excluding carboxylic acids is 2. The summed E-state index contributed by atoms with van der Waals surface area (Å²) < 4.78 is 6.74. The quantitative estimate of drug-likeness (QED) is 0.646. The van der Waals surface area contributed by atoms with Crippen LogP contribution in [-0.4, -0.2) is 28.6 Å². The Bertz CT molecular complexity index is 925. The molecule has 0 bridgehead atoms. The number of nitrogens with one attached hydrogen (secondary N) is 1. The fraction of sp³-hybridized carbons (Fsp3) is 0.0625. The van der Waals surface area contributed by atoms with Crippen LogP contribution in [0.2, 0.25) is 0 Å². The van der Waals surface area contributed by atoms with E-state index in [1.165, 1.54) is 23.5 Å². The van der Waals surface area contributed by atoms with E-state index in [2.05, 4.69) is 26.2 Å². The number of amides is 1. The average Bonchev–Trinajstić information content (AvgIpc) is 2.94. The number of aromatic hydroxyl groups is 1. The Balaban J connectivity index is 1.61. The second-order valence-electron chi connectivity index (χ2n) is 4.77. The van der Waals surface area contributed by atoms with Gasteiger partial charge in [0.15, 0.2) is 11.7 Å². The van der Waals surface area contributed by atoms with Crippen molar-refractivity contribution in [1.29, 1.82) is 0 Å². The van der Waals surface area contributed by atoms with Gasteiger partial charge in [0, 0.05) is 4.47 Å². The first-order chi connectivity index (χ1) is 11.5. The molecule has 0 aliphatic rings. The number of hydrogen-bond acceptors (Lipinski definition) is 6. The summed E-state index contributed by atoms with van der Waals surface area (Å²) in [6.45, 7) is -0.465. The summed E-state index contributed by atoms with van der Waals surface area (Å²) >= 11 is 4.69. The molecule has 8 heteroatoms. The molecule has 3 rings (SSSR count). The molecule has 1 amide bonds. The summed E-state index contributed by atoms with van der Waals surface area (Å²) in [5, 5.41) is 12.6. The number of carbonyl (C=O) groups is 2. The molecule has 0 spiro atoms. The zero-order chi connectivity index (χ0) is 17.1. The maximum absolute atomic E-state index is 11.9. The van der Waals surface area contributed by atoms with Crippen LogP contribution in [0.1, 0.15) is 10.4 Å². The van der Waals surface area contributed by atoms with Crippen molar-refractivity contribution in [2.75, 3.05) is 11.9 Å². The molecular weight excluding hydrogens is 396 g/mol. The van der Waals surface area contributed by atoms with Crippen LogP contribution in [0.15, 0.2) is 46.9 Å². The average molecular weight is 407 g/mol. The van der Waals surface area contributed by atoms with Gasteiger partial charge in [-0.3, -0.25) is 10.1 Å². The maximum atomic E-state index is 11.9. The van der Waals surface area contributed by atoms with Crippen LogP contribution in [0, 0.1) is 0 Å². The molecule has 0 unspecified atom stereocenters. The highest BCUT2D eigenvalue weighted by atomic mass is 79.9. The summed E-state index contributed by atoms with van der Waals surface area (Å²) in [6.07, 6.45) is 0. The van der Waals surface area contributed by atoms with Crippen LogP contribution in [0.3, 0.4) is 0 Å². The van der Waals surface area contributed by atoms with E-state index in [4.69, 9.17) is 4.74 Å². The number of aromatic nitrogens is 1. The van der Waals surface area contributed by atoms with Crippen molar-refractivity contribution in [3.05, 3.63) is 52.5 Å². The number of anilines is 1. The van der Waals surface area contributed by atoms with Crippen molar-refractivity contribution in [2.24, 2.45) is 0 Å². The molecule has 0 saturated heterocycles. The number of phenolic OH excluding ortho intramolecular Hbond substituents is 1. The van der Waals surface area contributed by atoms with Gasteiger partial charge in [-0.2, -0.15) is 0 Å². The SMILES string of the molecule is O=C(COC(=O)c1ccccc1O)Nc1nc2ccc(Br)cc2s1. The minimum absolute atomic E-state index is 0.00939. The minimum Gasteiger partial charge on any atom is -0.507 e. The van der Waals surface area contributed by atoms with Gasteiger partial charge in [-0.15, -0.1) is 0 Å². The number of hydrogen-bond donors (Lipinski definition) is 2. The van der Waals surface area contributed by atoms with E-state index in [9.17, 15) is 14.7 Å². The first-order valence-electron chi connectivity index (χ1n) is 6.84. The van der Waals surface area contributed by atoms with E-state index in [0.29, 0.717) is 5.13 Å². The van der Waals surface area contributed by atoms with E-state index in [-0.39, 0.29) is 11.3 Å². The molecule has 2 aromatic carbocycles. The topological polar surface area (TPSA) is 88.5 Å². The number of para-hydroxylation sites is 1. The van der Waals surface area contributed by atoms with Crippen LogP contribution < -0.4 is 5.32 Å². The number of nitrogens with zero attached hydrogens (tertiary/aromatic N) is 1. The number of thiazole rings is 1. The van der Waals surface area contributed by atoms with Gasteiger partial charge in [-0.1, -0.05) is 39.4 Å². The largest absolute Gasteiger partial charge is 0.507 e. The smallest absolute Gasteiger partial charge is 0.342 e. The van der Waals surface area contributed by atoms with E-state index in [0.717, 1.165) is 14.7 Å². The Morgan fingerprint density at radius 3 is 2.83 bits per heavy atom. The van der Waals surface area contributed by atoms with Gasteiger partial charge >= 0.3 is 5.97 Å². The first-order valence-corrected chi connectivity index (χ1v) is 8.45. The van der Waals surface area contributed by atoms with Gasteiger partial charge < -0.3 is 9.84 Å². The molecule has 122 valence electrons. The van der Waals surface area contributed by atoms with E-state index >= 15 is 0 Å². The number of fused-ring (bicyclic) bond motifs is 1. The standard InChI is InChI=1S/C16H11BrN2O4S/c17-9-5-6-11-13(7-9)24-16(18-11)19-14(21)8-23-15(22)10-3-1-2-4-12(10)20/h1-7,20H,8H2,(H,18,19,21). The molecule has 0 radical (unpaired) electrons. The van der Waals surface area contributed by atoms with Crippen molar-refractivity contribution < 1.29 is 19.4 Å². The van der Waals surface area contributed by atoms with Crippen LogP contribution in [0.4, 0.5) is 5.13 Å². The highest BCUT2D eigenvalue weighted by Crippen LogP contribution is 2.28. The van der Waals surface area contributed by atoms with Crippen LogP contribution in [-0.2, 0) is 9.53 Å². The van der Waals surface area contributed by atoms with Crippen LogP contribution in [0.25, 0.3) is 10.2 Å². The van der Waals surface area contributed by atoms with E-state index < -0.39 is 18.5 Å². The summed E-state index contributed by atoms with van der Waals surface area (Å²) in [4.78, 5) is 28.0. The van der Waals surface area contributed by atoms with Crippen molar-refractivity contribution in [1.82, 2.24) is 4.98 Å². The Hall–Kier alpha value is -2.45. The molecule has 0 aliphatic heterocycles. The molecule has 1 aromatic heterocycles. The third-order valence-electron chi connectivity index (χ3n) is 3.06. The highest BCUT2D eigenvalue weighted by Gasteiger charge is 2.14. The Morgan fingerprint density at radius 2 is 2.04 bits per heavy atom. The van der Waals surface area contributed by atoms with Crippen molar-refractivity contribution in [2.45, 2.75) is 0 Å². The lowest BCUT2D eigenvalue weighted by Gasteiger charge is -2.05. The fourth-order valence-electron chi connectivity index (χ4n) is 1.96. The fourth-order valence-corrected chi connectivity index (χ4v) is 3.40. The zero-order valence-corrected chi connectivity index (χ0v) is 14.6. The molecular formula is C16H11BrN2O4S. The Kier molecular flexibility index (Phi) is 4.77. The monoisotopic (exact) mass is 406 g/mol. The first kappa shape index (κ1) is 16.4. The highest BCUT2D eigenvalue weighted by molar-refractivity contribution is 9.10. The molecule has 6 nitrogen and oxygen atoms in total. The molecule has 0 fully saturated rings. The number of rotatable bonds is 4. The third-order valence-corrected chi connectivity index (χ3v) is 4.48. The number of halogens is 1. The Labute approximate surface area is 149 Å². The molecule has 0 aliphatic carbocycles. The molecule has 1 heterocycles. The summed E-state index contributed by atoms with van der Waals surface area (Å²) in [7, 11) is 0. The number of esters is 1. The predicted octanol–water partition coefficient (Wildman–Crippen LogP) is 3.56. The second-order valence-corrected chi connectivity index (χ2v) is 6.72. The molecule has 0 atom stereocenters. The lowest BCUT2D eigenvalue weighted by molar-refractivity contribution is -0.119. The maximum Gasteiger partial charge on any atom is 0.342 e. The molecule has 0 saturated carbocycles. The molecule has 2 N–H and O–H groups in total. The van der Waals surface area contributed by atoms with Gasteiger partial charge in [-0.05, 0) is 30.3 Å². The lowest BCUT2D eigenvalue weighted by atomic mass is 10.2. The minimum atomic E-state index is -0.767. The van der Waals surface area contributed by atoms with Crippen LogP contribution in [0.5, 0.6) is 5.75 Å². The summed E-state index contributed by atoms with van der Waals surface area (Å²) in [5.74, 6) is -1.46. The van der Waals surface area contributed by atoms with Crippen molar-refractivity contribution in [3.63, 3.8) is 0 Å². The van der Waals surface area contributed by atoms with E-state index in [1.54, 1.807) is 12.1 Å². The van der Waals surface area contributed by atoms with Gasteiger partial charge in [0.05, 0.1) is 10.2 Å². The lowest BCUT2D eigenvalue weighted by Crippen LogP contribution is -2.20. The predicted molar refractivity (Wildman–Crippen MR) is 94.3 cm³/mol. The number of phenols is 1. The van der Waals surface area contributed by atoms with Crippen molar-refractivity contribution in [3.8, 4) is 5.75 Å². The van der Waals surface area contributed by atoms with Gasteiger partial charge in [0.1, 0.15) is 11.3 Å². The Morgan fingerprint density at radius 1 is 1.25 bits per heavy atom. The number of benzene rings is 2. The van der Waals surface area contributed by atoms with E-state index in [1.807, 2.05) is 18.2 Å².